The molecule has 4 rings (SSSR count). The van der Waals surface area contributed by atoms with Gasteiger partial charge in [0, 0.05) is 24.1 Å². The maximum atomic E-state index is 13.6. The van der Waals surface area contributed by atoms with Crippen molar-refractivity contribution in [2.24, 2.45) is 0 Å². The van der Waals surface area contributed by atoms with E-state index in [1.807, 2.05) is 25.1 Å². The summed E-state index contributed by atoms with van der Waals surface area (Å²) < 4.78 is 5.11. The van der Waals surface area contributed by atoms with E-state index < -0.39 is 17.9 Å². The number of furan rings is 1. The number of hydrogen-bond donors (Lipinski definition) is 2. The summed E-state index contributed by atoms with van der Waals surface area (Å²) in [6, 6.07) is 13.1. The van der Waals surface area contributed by atoms with Gasteiger partial charge in [0.1, 0.15) is 6.04 Å². The highest BCUT2D eigenvalue weighted by Gasteiger charge is 2.35. The van der Waals surface area contributed by atoms with Crippen LogP contribution in [0, 0.1) is 6.92 Å². The number of rotatable bonds is 8. The molecule has 3 amide bonds. The van der Waals surface area contributed by atoms with Gasteiger partial charge >= 0.3 is 0 Å². The highest BCUT2D eigenvalue weighted by atomic mass is 16.3. The number of carbonyl (C=O) groups excluding carboxylic acids is 3. The predicted molar refractivity (Wildman–Crippen MR) is 127 cm³/mol. The summed E-state index contributed by atoms with van der Waals surface area (Å²) in [6.07, 6.45) is 8.59. The zero-order valence-corrected chi connectivity index (χ0v) is 19.1. The smallest absolute Gasteiger partial charge is 0.287 e. The van der Waals surface area contributed by atoms with Crippen molar-refractivity contribution in [2.45, 2.75) is 44.7 Å². The molecule has 2 aromatic heterocycles. The topological polar surface area (TPSA) is 105 Å². The van der Waals surface area contributed by atoms with Gasteiger partial charge in [-0.1, -0.05) is 31.0 Å². The summed E-state index contributed by atoms with van der Waals surface area (Å²) in [5.41, 5.74) is 2.07. The number of anilines is 1. The Hall–Kier alpha value is -3.94. The van der Waals surface area contributed by atoms with Crippen molar-refractivity contribution in [3.8, 4) is 0 Å². The molecule has 1 aromatic carbocycles. The Bertz CT molecular complexity index is 1120. The maximum Gasteiger partial charge on any atom is 0.287 e. The Morgan fingerprint density at radius 3 is 2.47 bits per heavy atom. The molecule has 176 valence electrons. The van der Waals surface area contributed by atoms with Crippen molar-refractivity contribution in [3.05, 3.63) is 84.1 Å². The molecule has 3 aromatic rings. The first-order valence-corrected chi connectivity index (χ1v) is 11.4. The van der Waals surface area contributed by atoms with E-state index in [9.17, 15) is 14.4 Å². The van der Waals surface area contributed by atoms with Crippen LogP contribution in [0.2, 0.25) is 0 Å². The third-order valence-corrected chi connectivity index (χ3v) is 6.02. The molecular formula is C26H28N4O4. The zero-order chi connectivity index (χ0) is 23.9. The first-order valence-electron chi connectivity index (χ1n) is 11.4. The molecule has 8 heteroatoms. The summed E-state index contributed by atoms with van der Waals surface area (Å²) in [7, 11) is 0. The second kappa shape index (κ2) is 10.8. The molecule has 1 saturated carbocycles. The molecule has 0 radical (unpaired) electrons. The van der Waals surface area contributed by atoms with Crippen molar-refractivity contribution in [1.82, 2.24) is 15.6 Å². The number of hydrogen-bond acceptors (Lipinski definition) is 5. The average molecular weight is 461 g/mol. The third kappa shape index (κ3) is 5.33. The SMILES string of the molecule is Cc1ccccc1N(C(=O)CNC(=O)c1ccco1)[C@@H](C(=O)NC1CCCC1)c1ccncc1. The molecule has 1 aliphatic rings. The molecule has 2 heterocycles. The van der Waals surface area contributed by atoms with Gasteiger partial charge in [0.15, 0.2) is 5.76 Å². The molecule has 0 spiro atoms. The Morgan fingerprint density at radius 2 is 1.79 bits per heavy atom. The highest BCUT2D eigenvalue weighted by Crippen LogP contribution is 2.31. The van der Waals surface area contributed by atoms with Crippen LogP contribution >= 0.6 is 0 Å². The maximum absolute atomic E-state index is 13.6. The van der Waals surface area contributed by atoms with Crippen molar-refractivity contribution in [2.75, 3.05) is 11.4 Å². The summed E-state index contributed by atoms with van der Waals surface area (Å²) >= 11 is 0. The fourth-order valence-corrected chi connectivity index (χ4v) is 4.30. The largest absolute Gasteiger partial charge is 0.459 e. The Labute approximate surface area is 198 Å². The lowest BCUT2D eigenvalue weighted by Crippen LogP contribution is -2.49. The molecule has 1 atom stereocenters. The van der Waals surface area contributed by atoms with Gasteiger partial charge in [-0.05, 0) is 61.2 Å². The molecule has 0 aliphatic heterocycles. The quantitative estimate of drug-likeness (QED) is 0.535. The standard InChI is InChI=1S/C26H28N4O4/c1-18-7-2-5-10-21(18)30(23(31)17-28-25(32)22-11-6-16-34-22)24(19-12-14-27-15-13-19)26(33)29-20-8-3-4-9-20/h2,5-7,10-16,20,24H,3-4,8-9,17H2,1H3,(H,28,32)(H,29,33)/t24-/m1/s1. The number of aromatic nitrogens is 1. The van der Waals surface area contributed by atoms with Gasteiger partial charge in [-0.25, -0.2) is 0 Å². The Kier molecular flexibility index (Phi) is 7.37. The lowest BCUT2D eigenvalue weighted by molar-refractivity contribution is -0.126. The van der Waals surface area contributed by atoms with Crippen LogP contribution in [-0.2, 0) is 9.59 Å². The molecule has 0 saturated heterocycles. The van der Waals surface area contributed by atoms with E-state index in [2.05, 4.69) is 15.6 Å². The van der Waals surface area contributed by atoms with Gasteiger partial charge in [-0.3, -0.25) is 24.3 Å². The number of para-hydroxylation sites is 1. The van der Waals surface area contributed by atoms with Gasteiger partial charge in [-0.2, -0.15) is 0 Å². The molecule has 0 unspecified atom stereocenters. The molecule has 0 bridgehead atoms. The average Bonchev–Trinajstić information content (AvgIpc) is 3.56. The molecule has 1 aliphatic carbocycles. The van der Waals surface area contributed by atoms with Crippen LogP contribution in [0.5, 0.6) is 0 Å². The molecule has 2 N–H and O–H groups in total. The fourth-order valence-electron chi connectivity index (χ4n) is 4.30. The van der Waals surface area contributed by atoms with Crippen molar-refractivity contribution >= 4 is 23.4 Å². The summed E-state index contributed by atoms with van der Waals surface area (Å²) in [4.78, 5) is 45.2. The van der Waals surface area contributed by atoms with Crippen LogP contribution < -0.4 is 15.5 Å². The molecule has 8 nitrogen and oxygen atoms in total. The number of benzene rings is 1. The van der Waals surface area contributed by atoms with E-state index in [-0.39, 0.29) is 24.3 Å². The minimum atomic E-state index is -0.919. The Balaban J connectivity index is 1.67. The number of amides is 3. The predicted octanol–water partition coefficient (Wildman–Crippen LogP) is 3.55. The van der Waals surface area contributed by atoms with E-state index in [0.29, 0.717) is 11.3 Å². The monoisotopic (exact) mass is 460 g/mol. The lowest BCUT2D eigenvalue weighted by Gasteiger charge is -2.33. The second-order valence-corrected chi connectivity index (χ2v) is 8.38. The van der Waals surface area contributed by atoms with Gasteiger partial charge in [0.2, 0.25) is 11.8 Å². The zero-order valence-electron chi connectivity index (χ0n) is 19.1. The van der Waals surface area contributed by atoms with Gasteiger partial charge in [0.05, 0.1) is 12.8 Å². The van der Waals surface area contributed by atoms with Crippen LogP contribution in [0.3, 0.4) is 0 Å². The van der Waals surface area contributed by atoms with Crippen LogP contribution in [0.15, 0.2) is 71.6 Å². The Morgan fingerprint density at radius 1 is 1.06 bits per heavy atom. The summed E-state index contributed by atoms with van der Waals surface area (Å²) in [5.74, 6) is -1.07. The number of nitrogens with zero attached hydrogens (tertiary/aromatic N) is 2. The van der Waals surface area contributed by atoms with Crippen LogP contribution in [0.1, 0.15) is 53.4 Å². The minimum absolute atomic E-state index is 0.0873. The number of aryl methyl sites for hydroxylation is 1. The van der Waals surface area contributed by atoms with E-state index in [4.69, 9.17) is 4.42 Å². The normalized spacial score (nSPS) is 14.4. The number of carbonyl (C=O) groups is 3. The van der Waals surface area contributed by atoms with E-state index >= 15 is 0 Å². The van der Waals surface area contributed by atoms with Gasteiger partial charge in [-0.15, -0.1) is 0 Å². The van der Waals surface area contributed by atoms with Crippen molar-refractivity contribution in [3.63, 3.8) is 0 Å². The van der Waals surface area contributed by atoms with E-state index in [1.54, 1.807) is 36.7 Å². The first kappa shape index (κ1) is 23.2. The van der Waals surface area contributed by atoms with Crippen molar-refractivity contribution in [1.29, 1.82) is 0 Å². The van der Waals surface area contributed by atoms with Crippen LogP contribution in [-0.4, -0.2) is 35.3 Å². The first-order chi connectivity index (χ1) is 16.5. The number of nitrogens with one attached hydrogen (secondary N) is 2. The second-order valence-electron chi connectivity index (χ2n) is 8.38. The number of pyridine rings is 1. The van der Waals surface area contributed by atoms with E-state index in [1.165, 1.54) is 17.2 Å². The molecule has 1 fully saturated rings. The lowest BCUT2D eigenvalue weighted by atomic mass is 10.0. The molecular weight excluding hydrogens is 432 g/mol. The van der Waals surface area contributed by atoms with Crippen LogP contribution in [0.4, 0.5) is 5.69 Å². The fraction of sp³-hybridized carbons (Fsp3) is 0.308. The summed E-state index contributed by atoms with van der Waals surface area (Å²) in [5, 5.41) is 5.74. The van der Waals surface area contributed by atoms with Crippen LogP contribution in [0.25, 0.3) is 0 Å². The summed E-state index contributed by atoms with van der Waals surface area (Å²) in [6.45, 7) is 1.59. The van der Waals surface area contributed by atoms with E-state index in [0.717, 1.165) is 31.2 Å². The highest BCUT2D eigenvalue weighted by molar-refractivity contribution is 6.04. The molecule has 34 heavy (non-hydrogen) atoms. The third-order valence-electron chi connectivity index (χ3n) is 6.02. The minimum Gasteiger partial charge on any atom is -0.459 e. The van der Waals surface area contributed by atoms with Gasteiger partial charge < -0.3 is 15.1 Å². The van der Waals surface area contributed by atoms with Crippen molar-refractivity contribution < 1.29 is 18.8 Å². The van der Waals surface area contributed by atoms with Gasteiger partial charge in [0.25, 0.3) is 5.91 Å².